The number of sulfonamides is 1. The smallest absolute Gasteiger partial charge is 0.314 e. The van der Waals surface area contributed by atoms with Gasteiger partial charge in [0.2, 0.25) is 10.0 Å². The highest BCUT2D eigenvalue weighted by molar-refractivity contribution is 7.92. The quantitative estimate of drug-likeness (QED) is 0.494. The SMILES string of the molecule is CCS(=O)(=O)N(Cc1ncc(-c2nnc(C(F)F)o2)s1)c1ccc(COC)nc1. The molecule has 0 saturated heterocycles. The summed E-state index contributed by atoms with van der Waals surface area (Å²) in [5.74, 6) is -1.00. The van der Waals surface area contributed by atoms with E-state index in [-0.39, 0.29) is 18.2 Å². The molecule has 0 aliphatic rings. The second-order valence-corrected chi connectivity index (χ2v) is 9.01. The van der Waals surface area contributed by atoms with Crippen LogP contribution in [-0.4, -0.2) is 41.4 Å². The van der Waals surface area contributed by atoms with Crippen LogP contribution in [0.5, 0.6) is 0 Å². The summed E-state index contributed by atoms with van der Waals surface area (Å²) in [4.78, 5) is 8.72. The summed E-state index contributed by atoms with van der Waals surface area (Å²) < 4.78 is 61.5. The summed E-state index contributed by atoms with van der Waals surface area (Å²) >= 11 is 1.07. The normalized spacial score (nSPS) is 11.9. The average Bonchev–Trinajstić information content (AvgIpc) is 3.36. The Kier molecular flexibility index (Phi) is 6.49. The highest BCUT2D eigenvalue weighted by Gasteiger charge is 2.24. The first kappa shape index (κ1) is 21.2. The van der Waals surface area contributed by atoms with Crippen molar-refractivity contribution < 1.29 is 26.4 Å². The van der Waals surface area contributed by atoms with Crippen molar-refractivity contribution in [3.63, 3.8) is 0 Å². The van der Waals surface area contributed by atoms with Crippen LogP contribution in [-0.2, 0) is 27.9 Å². The number of ether oxygens (including phenoxy) is 1. The molecule has 0 aliphatic heterocycles. The van der Waals surface area contributed by atoms with E-state index in [1.807, 2.05) is 0 Å². The van der Waals surface area contributed by atoms with E-state index in [1.54, 1.807) is 12.1 Å². The molecule has 3 aromatic heterocycles. The van der Waals surface area contributed by atoms with Gasteiger partial charge < -0.3 is 9.15 Å². The standard InChI is InChI=1S/C16H17F2N5O4S2/c1-3-29(24,25)23(11-5-4-10(9-26-2)19-6-11)8-13-20-7-12(28-13)15-21-22-16(27-15)14(17)18/h4-7,14H,3,8-9H2,1-2H3. The van der Waals surface area contributed by atoms with Crippen molar-refractivity contribution in [1.82, 2.24) is 20.2 Å². The maximum atomic E-state index is 12.6. The predicted molar refractivity (Wildman–Crippen MR) is 101 cm³/mol. The molecular formula is C16H17F2N5O4S2. The van der Waals surface area contributed by atoms with Crippen LogP contribution in [0, 0.1) is 0 Å². The Hall–Kier alpha value is -2.51. The monoisotopic (exact) mass is 445 g/mol. The van der Waals surface area contributed by atoms with Crippen molar-refractivity contribution >= 4 is 27.0 Å². The number of rotatable bonds is 9. The van der Waals surface area contributed by atoms with Crippen LogP contribution >= 0.6 is 11.3 Å². The summed E-state index contributed by atoms with van der Waals surface area (Å²) in [7, 11) is -2.08. The predicted octanol–water partition coefficient (Wildman–Crippen LogP) is 3.03. The molecule has 3 heterocycles. The molecule has 0 atom stereocenters. The molecular weight excluding hydrogens is 428 g/mol. The number of anilines is 1. The number of hydrogen-bond donors (Lipinski definition) is 0. The molecule has 29 heavy (non-hydrogen) atoms. The van der Waals surface area contributed by atoms with E-state index < -0.39 is 22.3 Å². The third-order valence-corrected chi connectivity index (χ3v) is 6.47. The van der Waals surface area contributed by atoms with Gasteiger partial charge in [-0.2, -0.15) is 8.78 Å². The minimum atomic E-state index is -3.62. The Morgan fingerprint density at radius 2 is 2.03 bits per heavy atom. The van der Waals surface area contributed by atoms with Crippen molar-refractivity contribution in [3.8, 4) is 10.8 Å². The molecule has 156 valence electrons. The Balaban J connectivity index is 1.86. The molecule has 9 nitrogen and oxygen atoms in total. The van der Waals surface area contributed by atoms with Gasteiger partial charge in [0, 0.05) is 7.11 Å². The molecule has 0 aromatic carbocycles. The molecule has 0 aliphatic carbocycles. The number of alkyl halides is 2. The molecule has 3 rings (SSSR count). The Bertz CT molecular complexity index is 1050. The number of pyridine rings is 1. The van der Waals surface area contributed by atoms with Crippen molar-refractivity contribution in [1.29, 1.82) is 0 Å². The summed E-state index contributed by atoms with van der Waals surface area (Å²) in [6.45, 7) is 1.79. The van der Waals surface area contributed by atoms with Gasteiger partial charge in [-0.25, -0.2) is 13.4 Å². The lowest BCUT2D eigenvalue weighted by Crippen LogP contribution is -2.32. The first-order valence-corrected chi connectivity index (χ1v) is 10.8. The van der Waals surface area contributed by atoms with Gasteiger partial charge >= 0.3 is 6.43 Å². The highest BCUT2D eigenvalue weighted by atomic mass is 32.2. The fourth-order valence-electron chi connectivity index (χ4n) is 2.33. The summed E-state index contributed by atoms with van der Waals surface area (Å²) in [6, 6.07) is 3.31. The third-order valence-electron chi connectivity index (χ3n) is 3.76. The third kappa shape index (κ3) is 4.92. The Morgan fingerprint density at radius 3 is 2.62 bits per heavy atom. The lowest BCUT2D eigenvalue weighted by molar-refractivity contribution is 0.116. The fourth-order valence-corrected chi connectivity index (χ4v) is 4.30. The van der Waals surface area contributed by atoms with Gasteiger partial charge in [-0.05, 0) is 19.1 Å². The zero-order chi connectivity index (χ0) is 21.0. The Morgan fingerprint density at radius 1 is 1.24 bits per heavy atom. The maximum absolute atomic E-state index is 12.6. The van der Waals surface area contributed by atoms with E-state index >= 15 is 0 Å². The number of aromatic nitrogens is 4. The van der Waals surface area contributed by atoms with Crippen molar-refractivity contribution in [2.45, 2.75) is 26.5 Å². The van der Waals surface area contributed by atoms with Crippen LogP contribution in [0.15, 0.2) is 28.9 Å². The van der Waals surface area contributed by atoms with Crippen LogP contribution < -0.4 is 4.31 Å². The van der Waals surface area contributed by atoms with Crippen LogP contribution in [0.4, 0.5) is 14.5 Å². The minimum absolute atomic E-state index is 0.0536. The zero-order valence-electron chi connectivity index (χ0n) is 15.4. The van der Waals surface area contributed by atoms with Crippen LogP contribution in [0.25, 0.3) is 10.8 Å². The molecule has 0 bridgehead atoms. The van der Waals surface area contributed by atoms with E-state index in [0.29, 0.717) is 27.9 Å². The van der Waals surface area contributed by atoms with Gasteiger partial charge in [-0.1, -0.05) is 0 Å². The van der Waals surface area contributed by atoms with E-state index in [1.165, 1.54) is 30.7 Å². The summed E-state index contributed by atoms with van der Waals surface area (Å²) in [5.41, 5.74) is 1.04. The average molecular weight is 445 g/mol. The first-order valence-electron chi connectivity index (χ1n) is 8.35. The molecule has 0 N–H and O–H groups in total. The second kappa shape index (κ2) is 8.88. The van der Waals surface area contributed by atoms with Crippen molar-refractivity contribution in [2.24, 2.45) is 0 Å². The summed E-state index contributed by atoms with van der Waals surface area (Å²) in [6.07, 6.45) is -0.0509. The van der Waals surface area contributed by atoms with E-state index in [9.17, 15) is 17.2 Å². The van der Waals surface area contributed by atoms with E-state index in [0.717, 1.165) is 11.3 Å². The molecule has 13 heteroatoms. The number of nitrogens with zero attached hydrogens (tertiary/aromatic N) is 5. The lowest BCUT2D eigenvalue weighted by atomic mass is 10.3. The first-order chi connectivity index (χ1) is 13.8. The maximum Gasteiger partial charge on any atom is 0.314 e. The van der Waals surface area contributed by atoms with Crippen LogP contribution in [0.1, 0.15) is 29.9 Å². The number of methoxy groups -OCH3 is 1. The minimum Gasteiger partial charge on any atom is -0.414 e. The van der Waals surface area contributed by atoms with Gasteiger partial charge in [-0.3, -0.25) is 9.29 Å². The number of thiazole rings is 1. The van der Waals surface area contributed by atoms with Crippen molar-refractivity contribution in [2.75, 3.05) is 17.2 Å². The fraction of sp³-hybridized carbons (Fsp3) is 0.375. The second-order valence-electron chi connectivity index (χ2n) is 5.71. The van der Waals surface area contributed by atoms with Gasteiger partial charge in [0.05, 0.1) is 42.7 Å². The van der Waals surface area contributed by atoms with E-state index in [2.05, 4.69) is 20.2 Å². The van der Waals surface area contributed by atoms with Gasteiger partial charge in [0.25, 0.3) is 11.8 Å². The summed E-state index contributed by atoms with van der Waals surface area (Å²) in [5, 5.41) is 7.27. The number of hydrogen-bond acceptors (Lipinski definition) is 9. The molecule has 0 radical (unpaired) electrons. The molecule has 3 aromatic rings. The van der Waals surface area contributed by atoms with Gasteiger partial charge in [0.1, 0.15) is 9.88 Å². The highest BCUT2D eigenvalue weighted by Crippen LogP contribution is 2.29. The lowest BCUT2D eigenvalue weighted by Gasteiger charge is -2.22. The molecule has 0 amide bonds. The number of halogens is 2. The Labute approximate surface area is 169 Å². The zero-order valence-corrected chi connectivity index (χ0v) is 17.1. The van der Waals surface area contributed by atoms with E-state index in [4.69, 9.17) is 9.15 Å². The molecule has 0 spiro atoms. The molecule has 0 unspecified atom stereocenters. The van der Waals surface area contributed by atoms with Crippen molar-refractivity contribution in [3.05, 3.63) is 41.1 Å². The molecule has 0 fully saturated rings. The van der Waals surface area contributed by atoms with Crippen LogP contribution in [0.3, 0.4) is 0 Å². The largest absolute Gasteiger partial charge is 0.414 e. The van der Waals surface area contributed by atoms with Crippen LogP contribution in [0.2, 0.25) is 0 Å². The van der Waals surface area contributed by atoms with Gasteiger partial charge in [0.15, 0.2) is 0 Å². The molecule has 0 saturated carbocycles. The van der Waals surface area contributed by atoms with Gasteiger partial charge in [-0.15, -0.1) is 21.5 Å². The topological polar surface area (TPSA) is 111 Å².